The van der Waals surface area contributed by atoms with Gasteiger partial charge in [0, 0.05) is 13.6 Å². The molecule has 6 heteroatoms. The fraction of sp³-hybridized carbons (Fsp3) is 0.280. The first-order valence-corrected chi connectivity index (χ1v) is 10.6. The lowest BCUT2D eigenvalue weighted by Gasteiger charge is -2.17. The highest BCUT2D eigenvalue weighted by Gasteiger charge is 2.18. The predicted molar refractivity (Wildman–Crippen MR) is 120 cm³/mol. The number of hydrogen-bond donors (Lipinski definition) is 0. The van der Waals surface area contributed by atoms with Crippen molar-refractivity contribution in [1.29, 1.82) is 0 Å². The molecule has 0 aliphatic carbocycles. The molecule has 0 aliphatic heterocycles. The number of imidazole rings is 1. The van der Waals surface area contributed by atoms with Crippen LogP contribution in [0, 0.1) is 0 Å². The summed E-state index contributed by atoms with van der Waals surface area (Å²) in [5, 5.41) is 0. The molecule has 6 nitrogen and oxygen atoms in total. The van der Waals surface area contributed by atoms with Crippen LogP contribution in [0.1, 0.15) is 35.3 Å². The van der Waals surface area contributed by atoms with Gasteiger partial charge in [-0.25, -0.2) is 4.98 Å². The molecule has 0 fully saturated rings. The highest BCUT2D eigenvalue weighted by atomic mass is 16.5. The third-order valence-corrected chi connectivity index (χ3v) is 5.32. The average Bonchev–Trinajstić information content (AvgIpc) is 3.45. The van der Waals surface area contributed by atoms with Gasteiger partial charge in [0.1, 0.15) is 11.6 Å². The number of fused-ring (bicyclic) bond motifs is 1. The van der Waals surface area contributed by atoms with Crippen LogP contribution in [0.3, 0.4) is 0 Å². The van der Waals surface area contributed by atoms with Crippen LogP contribution in [0.15, 0.2) is 71.3 Å². The van der Waals surface area contributed by atoms with E-state index < -0.39 is 0 Å². The van der Waals surface area contributed by atoms with Gasteiger partial charge in [-0.3, -0.25) is 4.79 Å². The molecule has 4 rings (SSSR count). The molecule has 0 saturated heterocycles. The minimum absolute atomic E-state index is 0.164. The maximum Gasteiger partial charge on any atom is 0.289 e. The molecule has 0 saturated carbocycles. The minimum Gasteiger partial charge on any atom is -0.494 e. The lowest BCUT2D eigenvalue weighted by Crippen LogP contribution is -2.27. The van der Waals surface area contributed by atoms with Crippen molar-refractivity contribution in [1.82, 2.24) is 14.5 Å². The van der Waals surface area contributed by atoms with E-state index in [1.165, 1.54) is 11.8 Å². The molecule has 2 heterocycles. The fourth-order valence-corrected chi connectivity index (χ4v) is 3.60. The van der Waals surface area contributed by atoms with Crippen LogP contribution in [0.5, 0.6) is 5.75 Å². The number of furan rings is 1. The number of rotatable bonds is 9. The largest absolute Gasteiger partial charge is 0.494 e. The van der Waals surface area contributed by atoms with Gasteiger partial charge >= 0.3 is 0 Å². The summed E-state index contributed by atoms with van der Waals surface area (Å²) in [5.41, 5.74) is 3.28. The molecule has 0 bridgehead atoms. The normalized spacial score (nSPS) is 11.0. The summed E-state index contributed by atoms with van der Waals surface area (Å²) in [7, 11) is 1.76. The highest BCUT2D eigenvalue weighted by molar-refractivity contribution is 5.91. The number of para-hydroxylation sites is 2. The SMILES string of the molecule is CCc1ccc(OCCCn2c(CN(C)C(=O)c3ccco3)nc3ccccc32)cc1. The van der Waals surface area contributed by atoms with Crippen LogP contribution in [0.25, 0.3) is 11.0 Å². The topological polar surface area (TPSA) is 60.5 Å². The first kappa shape index (κ1) is 20.7. The third kappa shape index (κ3) is 4.79. The number of ether oxygens (including phenoxy) is 1. The Hall–Kier alpha value is -3.54. The van der Waals surface area contributed by atoms with Crippen molar-refractivity contribution in [3.8, 4) is 5.75 Å². The van der Waals surface area contributed by atoms with E-state index in [1.807, 2.05) is 30.3 Å². The Balaban J connectivity index is 1.44. The van der Waals surface area contributed by atoms with Crippen molar-refractivity contribution in [3.63, 3.8) is 0 Å². The van der Waals surface area contributed by atoms with Gasteiger partial charge in [0.25, 0.3) is 5.91 Å². The molecule has 4 aromatic rings. The van der Waals surface area contributed by atoms with E-state index in [2.05, 4.69) is 29.7 Å². The number of carbonyl (C=O) groups excluding carboxylic acids is 1. The van der Waals surface area contributed by atoms with Crippen molar-refractivity contribution in [2.24, 2.45) is 0 Å². The summed E-state index contributed by atoms with van der Waals surface area (Å²) in [5.74, 6) is 1.89. The number of hydrogen-bond acceptors (Lipinski definition) is 4. The van der Waals surface area contributed by atoms with E-state index in [4.69, 9.17) is 14.1 Å². The molecule has 2 aromatic carbocycles. The Labute approximate surface area is 182 Å². The number of aromatic nitrogens is 2. The molecule has 0 unspecified atom stereocenters. The highest BCUT2D eigenvalue weighted by Crippen LogP contribution is 2.19. The molecular weight excluding hydrogens is 390 g/mol. The van der Waals surface area contributed by atoms with Crippen molar-refractivity contribution in [2.45, 2.75) is 32.9 Å². The molecule has 1 amide bonds. The summed E-state index contributed by atoms with van der Waals surface area (Å²) in [4.78, 5) is 19.0. The fourth-order valence-electron chi connectivity index (χ4n) is 3.60. The maximum atomic E-state index is 12.6. The molecule has 0 spiro atoms. The maximum absolute atomic E-state index is 12.6. The van der Waals surface area contributed by atoms with E-state index in [0.29, 0.717) is 18.9 Å². The first-order chi connectivity index (χ1) is 15.2. The second kappa shape index (κ2) is 9.51. The number of amides is 1. The van der Waals surface area contributed by atoms with Gasteiger partial charge in [0.05, 0.1) is 30.4 Å². The van der Waals surface area contributed by atoms with Crippen LogP contribution in [0.2, 0.25) is 0 Å². The molecule has 0 aliphatic rings. The van der Waals surface area contributed by atoms with Crippen molar-refractivity contribution >= 4 is 16.9 Å². The van der Waals surface area contributed by atoms with E-state index in [1.54, 1.807) is 24.1 Å². The molecule has 0 atom stereocenters. The summed E-state index contributed by atoms with van der Waals surface area (Å²) < 4.78 is 13.3. The van der Waals surface area contributed by atoms with Crippen molar-refractivity contribution in [2.75, 3.05) is 13.7 Å². The Kier molecular flexibility index (Phi) is 6.36. The Bertz CT molecular complexity index is 1130. The van der Waals surface area contributed by atoms with Gasteiger partial charge in [-0.1, -0.05) is 31.2 Å². The van der Waals surface area contributed by atoms with Crippen LogP contribution in [0.4, 0.5) is 0 Å². The number of carbonyl (C=O) groups is 1. The van der Waals surface area contributed by atoms with E-state index >= 15 is 0 Å². The van der Waals surface area contributed by atoms with Crippen LogP contribution >= 0.6 is 0 Å². The predicted octanol–water partition coefficient (Wildman–Crippen LogP) is 4.93. The molecule has 31 heavy (non-hydrogen) atoms. The number of nitrogens with zero attached hydrogens (tertiary/aromatic N) is 3. The van der Waals surface area contributed by atoms with Crippen molar-refractivity contribution < 1.29 is 13.9 Å². The van der Waals surface area contributed by atoms with Crippen molar-refractivity contribution in [3.05, 3.63) is 84.1 Å². The smallest absolute Gasteiger partial charge is 0.289 e. The second-order valence-electron chi connectivity index (χ2n) is 7.51. The summed E-state index contributed by atoms with van der Waals surface area (Å²) >= 11 is 0. The molecule has 160 valence electrons. The van der Waals surface area contributed by atoms with Crippen LogP contribution in [-0.2, 0) is 19.5 Å². The van der Waals surface area contributed by atoms with E-state index in [0.717, 1.165) is 42.0 Å². The van der Waals surface area contributed by atoms with Gasteiger partial charge in [-0.2, -0.15) is 0 Å². The van der Waals surface area contributed by atoms with E-state index in [-0.39, 0.29) is 5.91 Å². The second-order valence-corrected chi connectivity index (χ2v) is 7.51. The van der Waals surface area contributed by atoms with Gasteiger partial charge in [0.15, 0.2) is 5.76 Å². The zero-order valence-corrected chi connectivity index (χ0v) is 18.0. The van der Waals surface area contributed by atoms with Crippen LogP contribution < -0.4 is 4.74 Å². The Morgan fingerprint density at radius 3 is 2.65 bits per heavy atom. The van der Waals surface area contributed by atoms with Gasteiger partial charge < -0.3 is 18.6 Å². The number of aryl methyl sites for hydroxylation is 2. The minimum atomic E-state index is -0.164. The molecule has 0 radical (unpaired) electrons. The average molecular weight is 418 g/mol. The van der Waals surface area contributed by atoms with Gasteiger partial charge in [-0.15, -0.1) is 0 Å². The molecule has 0 N–H and O–H groups in total. The zero-order chi connectivity index (χ0) is 21.6. The number of benzene rings is 2. The summed E-state index contributed by atoms with van der Waals surface area (Å²) in [6.07, 6.45) is 3.36. The summed E-state index contributed by atoms with van der Waals surface area (Å²) in [6, 6.07) is 19.7. The quantitative estimate of drug-likeness (QED) is 0.362. The van der Waals surface area contributed by atoms with Crippen LogP contribution in [-0.4, -0.2) is 34.0 Å². The third-order valence-electron chi connectivity index (χ3n) is 5.32. The lowest BCUT2D eigenvalue weighted by atomic mass is 10.2. The van der Waals surface area contributed by atoms with Gasteiger partial charge in [0.2, 0.25) is 0 Å². The standard InChI is InChI=1S/C25H27N3O3/c1-3-19-11-13-20(14-12-19)30-17-7-15-28-22-9-5-4-8-21(22)26-24(28)18-27(2)25(29)23-10-6-16-31-23/h4-6,8-14,16H,3,7,15,17-18H2,1-2H3. The monoisotopic (exact) mass is 417 g/mol. The Morgan fingerprint density at radius 2 is 1.90 bits per heavy atom. The lowest BCUT2D eigenvalue weighted by molar-refractivity contribution is 0.0748. The summed E-state index contributed by atoms with van der Waals surface area (Å²) in [6.45, 7) is 3.90. The Morgan fingerprint density at radius 1 is 1.10 bits per heavy atom. The molecular formula is C25H27N3O3. The zero-order valence-electron chi connectivity index (χ0n) is 18.0. The first-order valence-electron chi connectivity index (χ1n) is 10.6. The van der Waals surface area contributed by atoms with Gasteiger partial charge in [-0.05, 0) is 54.8 Å². The van der Waals surface area contributed by atoms with E-state index in [9.17, 15) is 4.79 Å². The molecule has 2 aromatic heterocycles.